The number of fused-ring (bicyclic) bond motifs is 1. The molecule has 5 aliphatic heterocycles. The Morgan fingerprint density at radius 3 is 1.36 bits per heavy atom. The first-order valence-corrected chi connectivity index (χ1v) is 44.4. The zero-order valence-corrected chi connectivity index (χ0v) is 74.8. The fourth-order valence-electron chi connectivity index (χ4n) is 10.6. The van der Waals surface area contributed by atoms with Gasteiger partial charge in [-0.2, -0.15) is 26.7 Å². The van der Waals surface area contributed by atoms with E-state index in [1.807, 2.05) is 90.1 Å². The number of aromatic nitrogens is 4. The van der Waals surface area contributed by atoms with Crippen LogP contribution in [0.4, 0.5) is 27.6 Å². The molecule has 2 aromatic carbocycles. The molecule has 10 rings (SSSR count). The van der Waals surface area contributed by atoms with Crippen LogP contribution < -0.4 is 4.74 Å². The first-order chi connectivity index (χ1) is 57.5. The molecule has 0 bridgehead atoms. The zero-order valence-electron chi connectivity index (χ0n) is 69.9. The summed E-state index contributed by atoms with van der Waals surface area (Å²) in [5, 5.41) is 23.7. The van der Waals surface area contributed by atoms with Gasteiger partial charge in [-0.15, -0.1) is 0 Å². The number of thiocarbonyl (C=S) groups is 1. The Balaban J connectivity index is 0.000000318. The van der Waals surface area contributed by atoms with Gasteiger partial charge in [0.05, 0.1) is 32.4 Å². The molecule has 38 heteroatoms. The van der Waals surface area contributed by atoms with Gasteiger partial charge in [-0.1, -0.05) is 96.0 Å². The number of carboxylic acid groups (broad SMARTS) is 1. The molecule has 7 heterocycles. The van der Waals surface area contributed by atoms with Gasteiger partial charge >= 0.3 is 36.3 Å². The number of rotatable bonds is 17. The van der Waals surface area contributed by atoms with Crippen molar-refractivity contribution in [2.45, 2.75) is 111 Å². The van der Waals surface area contributed by atoms with Gasteiger partial charge in [0.2, 0.25) is 19.3 Å². The third-order valence-corrected chi connectivity index (χ3v) is 19.2. The van der Waals surface area contributed by atoms with Crippen molar-refractivity contribution in [2.75, 3.05) is 110 Å². The van der Waals surface area contributed by atoms with E-state index in [-0.39, 0.29) is 84.9 Å². The minimum atomic E-state index is -4.82. The Hall–Kier alpha value is -11.1. The monoisotopic (exact) mass is 1810 g/mol. The molecule has 0 spiro atoms. The van der Waals surface area contributed by atoms with Gasteiger partial charge in [0, 0.05) is 192 Å². The summed E-state index contributed by atoms with van der Waals surface area (Å²) in [6.45, 7) is 26.3. The zero-order chi connectivity index (χ0) is 92.1. The highest BCUT2D eigenvalue weighted by Gasteiger charge is 2.47. The predicted molar refractivity (Wildman–Crippen MR) is 457 cm³/mol. The van der Waals surface area contributed by atoms with Crippen LogP contribution in [-0.4, -0.2) is 261 Å². The highest BCUT2D eigenvalue weighted by Crippen LogP contribution is 2.39. The number of amides is 5. The lowest BCUT2D eigenvalue weighted by Crippen LogP contribution is -2.54. The second kappa shape index (κ2) is 49.9. The smallest absolute Gasteiger partial charge is 0.471 e. The van der Waals surface area contributed by atoms with Gasteiger partial charge in [-0.25, -0.2) is 37.5 Å². The molecule has 5 saturated heterocycles. The number of allylic oxidation sites excluding steroid dienone is 1. The summed E-state index contributed by atoms with van der Waals surface area (Å²) in [6.07, 6.45) is 1.72. The Kier molecular flexibility index (Phi) is 42.2. The van der Waals surface area contributed by atoms with E-state index in [0.29, 0.717) is 116 Å². The molecule has 2 N–H and O–H groups in total. The number of hydrogen-bond donors (Lipinski definition) is 2. The van der Waals surface area contributed by atoms with Crippen LogP contribution in [-0.2, 0) is 63.2 Å². The molecule has 0 unspecified atom stereocenters. The molecule has 1 aliphatic carbocycles. The summed E-state index contributed by atoms with van der Waals surface area (Å²) < 4.78 is 103. The number of halogens is 4. The summed E-state index contributed by atoms with van der Waals surface area (Å²) in [5.74, 6) is -0.251. The molecule has 5 fully saturated rings. The maximum atomic E-state index is 13.2. The molecule has 123 heavy (non-hydrogen) atoms. The van der Waals surface area contributed by atoms with E-state index in [4.69, 9.17) is 29.2 Å². The van der Waals surface area contributed by atoms with Gasteiger partial charge in [0.15, 0.2) is 5.82 Å². The minimum absolute atomic E-state index is 0.00558. The van der Waals surface area contributed by atoms with Crippen LogP contribution in [0.2, 0.25) is 0 Å². The van der Waals surface area contributed by atoms with Crippen LogP contribution in [0.15, 0.2) is 166 Å². The average molecular weight is 1820 g/mol. The number of hydrogen-bond acceptors (Lipinski definition) is 25. The molecule has 29 nitrogen and oxygen atoms in total. The lowest BCUT2D eigenvalue weighted by molar-refractivity contribution is -0.191. The summed E-state index contributed by atoms with van der Waals surface area (Å²) in [6, 6.07) is 18.4. The minimum Gasteiger partial charge on any atom is -0.494 e. The number of benzene rings is 2. The number of alkyl halides is 3. The largest absolute Gasteiger partial charge is 0.494 e. The van der Waals surface area contributed by atoms with Gasteiger partial charge < -0.3 is 53.7 Å². The first-order valence-electron chi connectivity index (χ1n) is 37.5. The number of aliphatic hydroxyl groups is 1. The predicted octanol–water partition coefficient (Wildman–Crippen LogP) is 11.6. The molecular formula is C85H95ClF3N9O20S5. The highest BCUT2D eigenvalue weighted by atomic mass is 35.7. The number of Topliss-reactive ketones (excluding diaryl/α,β-unsaturated/α-hetero) is 1. The van der Waals surface area contributed by atoms with E-state index >= 15 is 0 Å². The first kappa shape index (κ1) is 104. The fourth-order valence-corrected chi connectivity index (χ4v) is 12.9. The normalized spacial score (nSPS) is 14.4. The lowest BCUT2D eigenvalue weighted by atomic mass is 9.94. The van der Waals surface area contributed by atoms with Gasteiger partial charge in [-0.05, 0) is 147 Å². The van der Waals surface area contributed by atoms with Crippen LogP contribution in [0, 0.1) is 36.5 Å². The fraction of sp³-hybridized carbons (Fsp3) is 0.459. The third kappa shape index (κ3) is 40.6. The van der Waals surface area contributed by atoms with Crippen LogP contribution in [0.5, 0.6) is 5.75 Å². The van der Waals surface area contributed by atoms with Crippen molar-refractivity contribution in [1.82, 2.24) is 44.2 Å². The van der Waals surface area contributed by atoms with Crippen molar-refractivity contribution >= 4 is 128 Å². The molecule has 0 saturated carbocycles. The van der Waals surface area contributed by atoms with Crippen molar-refractivity contribution in [3.8, 4) is 11.6 Å². The number of aliphatic carboxylic acids is 1. The summed E-state index contributed by atoms with van der Waals surface area (Å²) in [4.78, 5) is 121. The van der Waals surface area contributed by atoms with E-state index in [0.717, 1.165) is 29.4 Å². The Morgan fingerprint density at radius 1 is 0.593 bits per heavy atom. The van der Waals surface area contributed by atoms with E-state index in [9.17, 15) is 73.2 Å². The van der Waals surface area contributed by atoms with Crippen LogP contribution >= 0.6 is 46.4 Å². The van der Waals surface area contributed by atoms with E-state index in [1.165, 1.54) is 46.6 Å². The van der Waals surface area contributed by atoms with E-state index in [1.54, 1.807) is 66.7 Å². The van der Waals surface area contributed by atoms with Crippen LogP contribution in [0.25, 0.3) is 11.4 Å². The molecule has 0 atom stereocenters. The maximum Gasteiger partial charge on any atom is 0.471 e. The number of carboxylic acids is 1. The summed E-state index contributed by atoms with van der Waals surface area (Å²) in [7, 11) is -0.582. The van der Waals surface area contributed by atoms with Crippen molar-refractivity contribution in [3.63, 3.8) is 0 Å². The number of thioether (sulfide) groups is 2. The van der Waals surface area contributed by atoms with Crippen LogP contribution in [0.1, 0.15) is 113 Å². The SMILES string of the molecule is C=C=C=C=C=C=C=C=C=C=C=C=C=C=C=C=S.CC(C)(C)OC(=O)N1CC(CO)C1.CC(C)(C)OC(=O)N1CC(COS(C)(=O)=O)C1.CC(C)(C)OC(=O)N1CC(CSC(=O)c2ccccc2)C1.COc1cnc(-n2cnc(C)n2)c2c1C(C(=O)C(=O)N1CC(CSC(=O)c3ccccc3)C1)=CC2.CS(=O)(=O)Cl.O=C(O)CCC1CN(C(=O)C(F)(F)F)C1. The maximum absolute atomic E-state index is 13.2. The van der Waals surface area contributed by atoms with Gasteiger partial charge in [0.1, 0.15) is 34.7 Å². The third-order valence-electron chi connectivity index (χ3n) is 16.3. The van der Waals surface area contributed by atoms with Crippen LogP contribution in [0.3, 0.4) is 0 Å². The molecule has 0 radical (unpaired) electrons. The average Bonchev–Trinajstić information content (AvgIpc) is 1.62. The van der Waals surface area contributed by atoms with Gasteiger partial charge in [-0.3, -0.25) is 33.0 Å². The number of aryl methyl sites for hydroxylation is 1. The summed E-state index contributed by atoms with van der Waals surface area (Å²) >= 11 is 6.92. The van der Waals surface area contributed by atoms with Crippen molar-refractivity contribution in [2.24, 2.45) is 29.6 Å². The Morgan fingerprint density at radius 2 is 0.992 bits per heavy atom. The highest BCUT2D eigenvalue weighted by molar-refractivity contribution is 8.14. The summed E-state index contributed by atoms with van der Waals surface area (Å²) in [5.41, 5.74) is 36.0. The van der Waals surface area contributed by atoms with Crippen molar-refractivity contribution in [3.05, 3.63) is 194 Å². The van der Waals surface area contributed by atoms with E-state index in [2.05, 4.69) is 134 Å². The number of likely N-dealkylation sites (tertiary alicyclic amines) is 5. The molecule has 6 aliphatic rings. The Bertz CT molecular complexity index is 5250. The quantitative estimate of drug-likeness (QED) is 0.0248. The number of nitrogens with zero attached hydrogens (tertiary/aromatic N) is 9. The second-order valence-corrected chi connectivity index (χ2v) is 37.3. The number of pyridine rings is 1. The molecule has 4 aromatic rings. The molecule has 2 aromatic heterocycles. The Labute approximate surface area is 730 Å². The van der Waals surface area contributed by atoms with Gasteiger partial charge in [0.25, 0.3) is 21.8 Å². The number of methoxy groups -OCH3 is 1. The van der Waals surface area contributed by atoms with Crippen molar-refractivity contribution < 1.29 is 107 Å². The topological polar surface area (TPSA) is 368 Å². The number of aliphatic hydroxyl groups excluding tert-OH is 1. The lowest BCUT2D eigenvalue weighted by Gasteiger charge is -2.39. The standard InChI is InChI=1S/C25H23N5O4S.C16H21NO3S.C16H2S.C10H19NO5S.C9H17NO3.C8H10F3NO3.CH3ClO2S/c1-15-27-14-30(28-15)23-19-9-8-18(21(19)20(34-2)10-26-23)22(31)24(32)29-11-16(12-29)13-35-25(33)17-6-4-3-5-7-17;1-16(2,3)20-15(19)17-9-12(10-17)11-21-14(18)13-7-5-4-6-8-13;1-2-3-4-5-6-7-8-9-10-11-12-13-14-15-16-17;1-10(2,3)16-9(12)11-5-8(6-11)7-15-17(4,13)14;1-9(2,3)13-8(12)10-4-7(5-10)6-11;9-8(10,11)7(15)12-3-5(4-12)1-2-6(13)14;1-5(2,3)4/h3-8,10,14,16H,9,11-13H2,1-2H3;4-8,12H,9-11H2,1-3H3;1H2;8H,5-7H2,1-4H3;7,11H,4-6H2,1-3H3;5H,1-4H2,(H,13,14);1H3. The number of carbonyl (C=O) groups is 9. The van der Waals surface area contributed by atoms with Crippen molar-refractivity contribution in [1.29, 1.82) is 0 Å². The molecule has 658 valence electrons. The number of ether oxygens (including phenoxy) is 4. The number of carbonyl (C=O) groups excluding carboxylic acids is 8. The second-order valence-electron chi connectivity index (χ2n) is 30.4. The molecule has 5 amide bonds. The van der Waals surface area contributed by atoms with E-state index < -0.39 is 65.7 Å². The molecular weight excluding hydrogens is 1720 g/mol. The number of ketones is 1.